The van der Waals surface area contributed by atoms with E-state index in [4.69, 9.17) is 4.74 Å². The fourth-order valence-electron chi connectivity index (χ4n) is 1.82. The molecule has 18 heavy (non-hydrogen) atoms. The maximum Gasteiger partial charge on any atom is 0.171 e. The Balaban J connectivity index is 2.25. The summed E-state index contributed by atoms with van der Waals surface area (Å²) in [6.07, 6.45) is 1.75. The summed E-state index contributed by atoms with van der Waals surface area (Å²) in [7, 11) is 3.80. The van der Waals surface area contributed by atoms with Gasteiger partial charge in [0.2, 0.25) is 0 Å². The van der Waals surface area contributed by atoms with Gasteiger partial charge in [0.25, 0.3) is 0 Å². The Morgan fingerprint density at radius 2 is 2.17 bits per heavy atom. The second kappa shape index (κ2) is 5.18. The zero-order valence-corrected chi connectivity index (χ0v) is 11.2. The minimum Gasteiger partial charge on any atom is -0.453 e. The maximum absolute atomic E-state index is 5.90. The number of hydrogen-bond acceptors (Lipinski definition) is 4. The standard InChI is InChI=1S/C13H18N4O/c1-9-13(10(2)17(4)16-9)18-12-5-6-15-11(7-12)8-14-3/h5-7,14H,8H2,1-4H3. The molecule has 2 heterocycles. The normalized spacial score (nSPS) is 10.7. The van der Waals surface area contributed by atoms with E-state index in [0.717, 1.165) is 35.1 Å². The van der Waals surface area contributed by atoms with Crippen LogP contribution in [0.3, 0.4) is 0 Å². The number of hydrogen-bond donors (Lipinski definition) is 1. The fourth-order valence-corrected chi connectivity index (χ4v) is 1.82. The van der Waals surface area contributed by atoms with E-state index in [1.807, 2.05) is 44.8 Å². The molecule has 1 N–H and O–H groups in total. The molecular weight excluding hydrogens is 228 g/mol. The lowest BCUT2D eigenvalue weighted by atomic mass is 10.3. The topological polar surface area (TPSA) is 52.0 Å². The molecule has 0 unspecified atom stereocenters. The third kappa shape index (κ3) is 2.51. The van der Waals surface area contributed by atoms with E-state index in [-0.39, 0.29) is 0 Å². The smallest absolute Gasteiger partial charge is 0.171 e. The van der Waals surface area contributed by atoms with Gasteiger partial charge in [0.1, 0.15) is 11.4 Å². The highest BCUT2D eigenvalue weighted by atomic mass is 16.5. The summed E-state index contributed by atoms with van der Waals surface area (Å²) in [5, 5.41) is 7.40. The van der Waals surface area contributed by atoms with Crippen molar-refractivity contribution in [3.8, 4) is 11.5 Å². The Hall–Kier alpha value is -1.88. The molecule has 96 valence electrons. The quantitative estimate of drug-likeness (QED) is 0.895. The molecule has 0 saturated heterocycles. The van der Waals surface area contributed by atoms with Crippen LogP contribution >= 0.6 is 0 Å². The maximum atomic E-state index is 5.90. The van der Waals surface area contributed by atoms with Gasteiger partial charge in [-0.2, -0.15) is 5.10 Å². The predicted molar refractivity (Wildman–Crippen MR) is 69.8 cm³/mol. The van der Waals surface area contributed by atoms with Crippen molar-refractivity contribution in [1.82, 2.24) is 20.1 Å². The van der Waals surface area contributed by atoms with Crippen LogP contribution in [0.5, 0.6) is 11.5 Å². The third-order valence-corrected chi connectivity index (χ3v) is 2.81. The number of rotatable bonds is 4. The van der Waals surface area contributed by atoms with Crippen LogP contribution in [0.15, 0.2) is 18.3 Å². The van der Waals surface area contributed by atoms with Gasteiger partial charge < -0.3 is 10.1 Å². The number of ether oxygens (including phenoxy) is 1. The summed E-state index contributed by atoms with van der Waals surface area (Å²) >= 11 is 0. The van der Waals surface area contributed by atoms with Crippen LogP contribution in [-0.4, -0.2) is 21.8 Å². The molecule has 2 aromatic heterocycles. The molecule has 0 aliphatic rings. The monoisotopic (exact) mass is 246 g/mol. The summed E-state index contributed by atoms with van der Waals surface area (Å²) in [5.41, 5.74) is 2.86. The summed E-state index contributed by atoms with van der Waals surface area (Å²) in [4.78, 5) is 4.26. The Labute approximate surface area is 107 Å². The van der Waals surface area contributed by atoms with Gasteiger partial charge in [-0.15, -0.1) is 0 Å². The van der Waals surface area contributed by atoms with Gasteiger partial charge in [0, 0.05) is 25.9 Å². The molecule has 0 aliphatic heterocycles. The molecular formula is C13H18N4O. The minimum atomic E-state index is 0.724. The highest BCUT2D eigenvalue weighted by Crippen LogP contribution is 2.27. The van der Waals surface area contributed by atoms with E-state index >= 15 is 0 Å². The Kier molecular flexibility index (Phi) is 3.62. The van der Waals surface area contributed by atoms with Gasteiger partial charge in [-0.25, -0.2) is 0 Å². The molecule has 0 aliphatic carbocycles. The van der Waals surface area contributed by atoms with Gasteiger partial charge >= 0.3 is 0 Å². The van der Waals surface area contributed by atoms with E-state index in [1.54, 1.807) is 6.20 Å². The second-order valence-corrected chi connectivity index (χ2v) is 4.24. The van der Waals surface area contributed by atoms with Crippen molar-refractivity contribution in [2.75, 3.05) is 7.05 Å². The second-order valence-electron chi connectivity index (χ2n) is 4.24. The Morgan fingerprint density at radius 3 is 2.78 bits per heavy atom. The van der Waals surface area contributed by atoms with E-state index in [1.165, 1.54) is 0 Å². The number of aromatic nitrogens is 3. The van der Waals surface area contributed by atoms with Crippen LogP contribution < -0.4 is 10.1 Å². The van der Waals surface area contributed by atoms with Crippen molar-refractivity contribution in [1.29, 1.82) is 0 Å². The minimum absolute atomic E-state index is 0.724. The molecule has 0 bridgehead atoms. The van der Waals surface area contributed by atoms with Crippen LogP contribution in [0, 0.1) is 13.8 Å². The summed E-state index contributed by atoms with van der Waals surface area (Å²) in [6.45, 7) is 4.66. The lowest BCUT2D eigenvalue weighted by Crippen LogP contribution is -2.06. The average molecular weight is 246 g/mol. The third-order valence-electron chi connectivity index (χ3n) is 2.81. The molecule has 0 saturated carbocycles. The van der Waals surface area contributed by atoms with Gasteiger partial charge in [-0.1, -0.05) is 0 Å². The van der Waals surface area contributed by atoms with Crippen molar-refractivity contribution in [2.24, 2.45) is 7.05 Å². The van der Waals surface area contributed by atoms with E-state index in [2.05, 4.69) is 15.4 Å². The Bertz CT molecular complexity index is 548. The molecule has 0 fully saturated rings. The molecule has 0 aromatic carbocycles. The van der Waals surface area contributed by atoms with Crippen LogP contribution in [0.1, 0.15) is 17.1 Å². The van der Waals surface area contributed by atoms with Crippen LogP contribution in [0.25, 0.3) is 0 Å². The van der Waals surface area contributed by atoms with Crippen LogP contribution in [0.4, 0.5) is 0 Å². The molecule has 0 amide bonds. The van der Waals surface area contributed by atoms with Crippen LogP contribution in [-0.2, 0) is 13.6 Å². The first-order valence-electron chi connectivity index (χ1n) is 5.89. The number of nitrogens with zero attached hydrogens (tertiary/aromatic N) is 3. The highest BCUT2D eigenvalue weighted by molar-refractivity contribution is 5.37. The SMILES string of the molecule is CNCc1cc(Oc2c(C)nn(C)c2C)ccn1. The first-order chi connectivity index (χ1) is 8.61. The first kappa shape index (κ1) is 12.6. The molecule has 2 rings (SSSR count). The zero-order valence-electron chi connectivity index (χ0n) is 11.2. The van der Waals surface area contributed by atoms with Gasteiger partial charge in [-0.3, -0.25) is 9.67 Å². The van der Waals surface area contributed by atoms with E-state index < -0.39 is 0 Å². The van der Waals surface area contributed by atoms with Crippen molar-refractivity contribution in [3.63, 3.8) is 0 Å². The molecule has 0 atom stereocenters. The molecule has 0 radical (unpaired) electrons. The summed E-state index contributed by atoms with van der Waals surface area (Å²) < 4.78 is 7.72. The van der Waals surface area contributed by atoms with Crippen LogP contribution in [0.2, 0.25) is 0 Å². The van der Waals surface area contributed by atoms with Crippen molar-refractivity contribution in [2.45, 2.75) is 20.4 Å². The highest BCUT2D eigenvalue weighted by Gasteiger charge is 2.11. The van der Waals surface area contributed by atoms with Gasteiger partial charge in [-0.05, 0) is 27.0 Å². The molecule has 5 heteroatoms. The summed E-state index contributed by atoms with van der Waals surface area (Å²) in [6, 6.07) is 3.79. The zero-order chi connectivity index (χ0) is 13.1. The van der Waals surface area contributed by atoms with Crippen molar-refractivity contribution in [3.05, 3.63) is 35.4 Å². The fraction of sp³-hybridized carbons (Fsp3) is 0.385. The van der Waals surface area contributed by atoms with Gasteiger partial charge in [0.05, 0.1) is 11.4 Å². The Morgan fingerprint density at radius 1 is 1.39 bits per heavy atom. The van der Waals surface area contributed by atoms with Crippen molar-refractivity contribution < 1.29 is 4.74 Å². The van der Waals surface area contributed by atoms with Crippen molar-refractivity contribution >= 4 is 0 Å². The summed E-state index contributed by atoms with van der Waals surface area (Å²) in [5.74, 6) is 1.61. The van der Waals surface area contributed by atoms with Gasteiger partial charge in [0.15, 0.2) is 5.75 Å². The first-order valence-corrected chi connectivity index (χ1v) is 5.89. The lowest BCUT2D eigenvalue weighted by molar-refractivity contribution is 0.472. The average Bonchev–Trinajstić information content (AvgIpc) is 2.57. The molecule has 0 spiro atoms. The number of pyridine rings is 1. The predicted octanol–water partition coefficient (Wildman–Crippen LogP) is 1.94. The molecule has 2 aromatic rings. The molecule has 5 nitrogen and oxygen atoms in total. The number of nitrogens with one attached hydrogen (secondary N) is 1. The lowest BCUT2D eigenvalue weighted by Gasteiger charge is -2.07. The van der Waals surface area contributed by atoms with E-state index in [9.17, 15) is 0 Å². The number of aryl methyl sites for hydroxylation is 2. The van der Waals surface area contributed by atoms with E-state index in [0.29, 0.717) is 0 Å². The largest absolute Gasteiger partial charge is 0.453 e.